The fourth-order valence-corrected chi connectivity index (χ4v) is 8.06. The molecule has 0 aromatic carbocycles. The average molecular weight is 970 g/mol. The highest BCUT2D eigenvalue weighted by Crippen LogP contribution is 2.43. The Labute approximate surface area is 403 Å². The summed E-state index contributed by atoms with van der Waals surface area (Å²) < 4.78 is 34.4. The third-order valence-electron chi connectivity index (χ3n) is 10.2. The number of carbonyl (C=O) groups is 3. The minimum atomic E-state index is -4.52. The van der Waals surface area contributed by atoms with E-state index in [0.29, 0.717) is 17.4 Å². The maximum atomic E-state index is 13.1. The van der Waals surface area contributed by atoms with Gasteiger partial charge in [-0.15, -0.1) is 11.8 Å². The number of carboxylic acids is 1. The van der Waals surface area contributed by atoms with Crippen LogP contribution in [0.5, 0.6) is 0 Å². The van der Waals surface area contributed by atoms with Crippen LogP contribution in [0.15, 0.2) is 72.9 Å². The second kappa shape index (κ2) is 42.3. The van der Waals surface area contributed by atoms with Crippen LogP contribution in [0.2, 0.25) is 0 Å². The number of rotatable bonds is 44. The number of aliphatic hydroxyl groups is 1. The first-order chi connectivity index (χ1) is 31.6. The van der Waals surface area contributed by atoms with E-state index in [0.717, 1.165) is 64.2 Å². The number of phosphoric ester groups is 1. The molecule has 5 N–H and O–H groups in total. The normalized spacial score (nSPS) is 15.4. The molecule has 0 aliphatic carbocycles. The molecule has 0 saturated carbocycles. The number of nitrogens with zero attached hydrogens (tertiary/aromatic N) is 1. The third-order valence-corrected chi connectivity index (χ3v) is 12.6. The number of quaternary nitrogens is 1. The number of carbonyl (C=O) groups excluding carboxylic acids is 2. The Balaban J connectivity index is 5.18. The minimum absolute atomic E-state index is 0.0493. The van der Waals surface area contributed by atoms with Crippen LogP contribution in [0.25, 0.3) is 0 Å². The van der Waals surface area contributed by atoms with E-state index < -0.39 is 62.4 Å². The molecule has 0 saturated heterocycles. The van der Waals surface area contributed by atoms with Crippen molar-refractivity contribution in [2.24, 2.45) is 5.73 Å². The molecule has 1 unspecified atom stereocenters. The lowest BCUT2D eigenvalue weighted by Gasteiger charge is -2.24. The lowest BCUT2D eigenvalue weighted by atomic mass is 10.1. The van der Waals surface area contributed by atoms with Gasteiger partial charge in [-0.25, -0.2) is 4.57 Å². The van der Waals surface area contributed by atoms with Crippen molar-refractivity contribution in [1.82, 2.24) is 0 Å². The number of ether oxygens (including phenoxy) is 2. The summed E-state index contributed by atoms with van der Waals surface area (Å²) in [6.45, 7) is 3.77. The molecule has 0 bridgehead atoms. The zero-order valence-corrected chi connectivity index (χ0v) is 43.0. The van der Waals surface area contributed by atoms with Gasteiger partial charge in [-0.05, 0) is 70.6 Å². The van der Waals surface area contributed by atoms with Crippen LogP contribution in [0.3, 0.4) is 0 Å². The lowest BCUT2D eigenvalue weighted by Crippen LogP contribution is -2.39. The summed E-state index contributed by atoms with van der Waals surface area (Å²) in [5.74, 6) is -2.25. The molecule has 0 heterocycles. The van der Waals surface area contributed by atoms with Gasteiger partial charge >= 0.3 is 25.7 Å². The van der Waals surface area contributed by atoms with Crippen LogP contribution in [-0.4, -0.2) is 114 Å². The quantitative estimate of drug-likeness (QED) is 0.0113. The lowest BCUT2D eigenvalue weighted by molar-refractivity contribution is -0.870. The van der Waals surface area contributed by atoms with Crippen molar-refractivity contribution >= 4 is 37.5 Å². The number of nitrogens with two attached hydrogens (primary N) is 1. The number of thioether (sulfide) groups is 1. The first-order valence-corrected chi connectivity index (χ1v) is 27.1. The predicted molar refractivity (Wildman–Crippen MR) is 271 cm³/mol. The summed E-state index contributed by atoms with van der Waals surface area (Å²) >= 11 is 1.23. The van der Waals surface area contributed by atoms with Crippen molar-refractivity contribution in [3.8, 4) is 0 Å². The van der Waals surface area contributed by atoms with Crippen molar-refractivity contribution in [3.05, 3.63) is 72.9 Å². The monoisotopic (exact) mass is 970 g/mol. The standard InChI is InChI=1S/C51H89N2O11PS/c1-6-8-10-12-14-16-18-20-21-22-23-24-26-28-30-32-34-39-50(57)64-45(43-63-65(59,60)62-41-40-53(3,4)5)42-61-51(58)46(52)44-66-48(47(54)36-35-38-49(55)56)37-33-31-29-27-25-19-17-15-13-11-9-7-2/h14-17,20-21,25,27,29,31,33,37,45-48,54H,6-13,18-19,22-24,26,28,30,32,34-36,38-44,52H2,1-5H3,(H-,55,56,59,60)/p+1/b16-14-,17-15-,21-20-,27-25-,31-29+,37-33+/t45-,46+,47+,48-/m1/s1. The summed E-state index contributed by atoms with van der Waals surface area (Å²) in [7, 11) is 1.20. The topological polar surface area (TPSA) is 192 Å². The summed E-state index contributed by atoms with van der Waals surface area (Å²) in [5, 5.41) is 19.5. The van der Waals surface area contributed by atoms with Gasteiger partial charge in [0.1, 0.15) is 25.8 Å². The van der Waals surface area contributed by atoms with Crippen molar-refractivity contribution in [2.45, 2.75) is 179 Å². The molecule has 15 heteroatoms. The zero-order chi connectivity index (χ0) is 49.2. The number of likely N-dealkylation sites (N-methyl/N-ethyl adjacent to an activating group) is 1. The number of aliphatic hydroxyl groups excluding tert-OH is 1. The maximum absolute atomic E-state index is 13.1. The molecular formula is C51H90N2O11PS+. The molecular weight excluding hydrogens is 880 g/mol. The van der Waals surface area contributed by atoms with Gasteiger partial charge in [0.05, 0.1) is 33.9 Å². The molecule has 0 aromatic heterocycles. The molecule has 0 radical (unpaired) electrons. The Hall–Kier alpha value is -2.81. The second-order valence-electron chi connectivity index (χ2n) is 17.7. The second-order valence-corrected chi connectivity index (χ2v) is 20.4. The van der Waals surface area contributed by atoms with E-state index in [-0.39, 0.29) is 38.0 Å². The third kappa shape index (κ3) is 42.5. The Bertz CT molecular complexity index is 1480. The molecule has 0 fully saturated rings. The molecule has 0 aliphatic heterocycles. The minimum Gasteiger partial charge on any atom is -0.481 e. The van der Waals surface area contributed by atoms with Gasteiger partial charge < -0.3 is 34.8 Å². The molecule has 0 amide bonds. The first kappa shape index (κ1) is 63.2. The number of carboxylic acid groups (broad SMARTS) is 1. The molecule has 0 aliphatic rings. The number of aliphatic carboxylic acids is 1. The highest BCUT2D eigenvalue weighted by Gasteiger charge is 2.28. The average Bonchev–Trinajstić information content (AvgIpc) is 3.26. The Morgan fingerprint density at radius 3 is 1.85 bits per heavy atom. The van der Waals surface area contributed by atoms with Crippen LogP contribution in [0.4, 0.5) is 0 Å². The predicted octanol–water partition coefficient (Wildman–Crippen LogP) is 11.1. The van der Waals surface area contributed by atoms with Gasteiger partial charge in [0, 0.05) is 23.8 Å². The van der Waals surface area contributed by atoms with Gasteiger partial charge in [-0.2, -0.15) is 0 Å². The number of esters is 2. The summed E-state index contributed by atoms with van der Waals surface area (Å²) in [4.78, 5) is 47.3. The summed E-state index contributed by atoms with van der Waals surface area (Å²) in [6.07, 6.45) is 42.7. The summed E-state index contributed by atoms with van der Waals surface area (Å²) in [6, 6.07) is -1.13. The van der Waals surface area contributed by atoms with Crippen molar-refractivity contribution in [3.63, 3.8) is 0 Å². The highest BCUT2D eigenvalue weighted by molar-refractivity contribution is 8.00. The van der Waals surface area contributed by atoms with E-state index in [1.165, 1.54) is 56.7 Å². The van der Waals surface area contributed by atoms with Crippen LogP contribution in [-0.2, 0) is 37.5 Å². The summed E-state index contributed by atoms with van der Waals surface area (Å²) in [5.41, 5.74) is 6.21. The smallest absolute Gasteiger partial charge is 0.472 e. The van der Waals surface area contributed by atoms with Crippen molar-refractivity contribution in [2.75, 3.05) is 53.3 Å². The van der Waals surface area contributed by atoms with Crippen LogP contribution in [0, 0.1) is 0 Å². The van der Waals surface area contributed by atoms with Crippen LogP contribution >= 0.6 is 19.6 Å². The Morgan fingerprint density at radius 1 is 0.697 bits per heavy atom. The highest BCUT2D eigenvalue weighted by atomic mass is 32.2. The molecule has 0 aromatic rings. The van der Waals surface area contributed by atoms with E-state index in [1.807, 2.05) is 45.4 Å². The van der Waals surface area contributed by atoms with Crippen LogP contribution in [0.1, 0.15) is 155 Å². The van der Waals surface area contributed by atoms with E-state index in [1.54, 1.807) is 12.2 Å². The van der Waals surface area contributed by atoms with E-state index in [2.05, 4.69) is 50.3 Å². The van der Waals surface area contributed by atoms with E-state index >= 15 is 0 Å². The first-order valence-electron chi connectivity index (χ1n) is 24.6. The van der Waals surface area contributed by atoms with Gasteiger partial charge in [-0.3, -0.25) is 23.4 Å². The van der Waals surface area contributed by atoms with Gasteiger partial charge in [-0.1, -0.05) is 145 Å². The van der Waals surface area contributed by atoms with E-state index in [4.69, 9.17) is 29.4 Å². The number of hydrogen-bond donors (Lipinski definition) is 4. The Morgan fingerprint density at radius 2 is 1.26 bits per heavy atom. The molecule has 13 nitrogen and oxygen atoms in total. The zero-order valence-electron chi connectivity index (χ0n) is 41.3. The number of hydrogen-bond acceptors (Lipinski definition) is 11. The number of allylic oxidation sites excluding steroid dienone is 11. The van der Waals surface area contributed by atoms with Crippen molar-refractivity contribution in [1.29, 1.82) is 0 Å². The fraction of sp³-hybridized carbons (Fsp3) is 0.706. The Kier molecular flexibility index (Phi) is 40.5. The molecule has 66 heavy (non-hydrogen) atoms. The van der Waals surface area contributed by atoms with Gasteiger partial charge in [0.25, 0.3) is 0 Å². The van der Waals surface area contributed by atoms with Gasteiger partial charge in [0.15, 0.2) is 6.10 Å². The maximum Gasteiger partial charge on any atom is 0.472 e. The van der Waals surface area contributed by atoms with Gasteiger partial charge in [0.2, 0.25) is 0 Å². The van der Waals surface area contributed by atoms with Crippen LogP contribution < -0.4 is 5.73 Å². The number of unbranched alkanes of at least 4 members (excludes halogenated alkanes) is 13. The molecule has 0 spiro atoms. The molecule has 380 valence electrons. The van der Waals surface area contributed by atoms with E-state index in [9.17, 15) is 28.9 Å². The number of phosphoric acid groups is 1. The SMILES string of the molecule is CCCCC/C=C\C\C=C/C=C/C=C/[C@@H](SC[C@H](N)C(=O)OC[C@H](COP(=O)(O)OCC[N+](C)(C)C)OC(=O)CCCCCCCCC/C=C\C/C=C\CCCCC)[C@@H](O)CCCC(=O)O. The molecule has 5 atom stereocenters. The fourth-order valence-electron chi connectivity index (χ4n) is 6.19. The van der Waals surface area contributed by atoms with Crippen molar-refractivity contribution < 1.29 is 57.1 Å². The molecule has 0 rings (SSSR count). The largest absolute Gasteiger partial charge is 0.481 e.